The Morgan fingerprint density at radius 2 is 2.09 bits per heavy atom. The molecule has 22 heavy (non-hydrogen) atoms. The molecule has 0 spiro atoms. The van der Waals surface area contributed by atoms with Gasteiger partial charge < -0.3 is 24.7 Å². The molecule has 1 aromatic carbocycles. The minimum Gasteiger partial charge on any atom is -0.543 e. The summed E-state index contributed by atoms with van der Waals surface area (Å²) < 4.78 is 11.9. The van der Waals surface area contributed by atoms with Gasteiger partial charge in [-0.2, -0.15) is 4.68 Å². The minimum atomic E-state index is -1.33. The van der Waals surface area contributed by atoms with Crippen molar-refractivity contribution in [3.05, 3.63) is 35.5 Å². The fourth-order valence-corrected chi connectivity index (χ4v) is 2.25. The molecule has 0 amide bonds. The number of benzene rings is 1. The fraction of sp³-hybridized carbons (Fsp3) is 0.231. The molecule has 0 unspecified atom stereocenters. The molecule has 2 aromatic rings. The smallest absolute Gasteiger partial charge is 0.248 e. The van der Waals surface area contributed by atoms with E-state index in [1.807, 2.05) is 0 Å². The largest absolute Gasteiger partial charge is 0.543 e. The molecular formula is C13H12N5O4-. The van der Waals surface area contributed by atoms with Crippen molar-refractivity contribution < 1.29 is 19.4 Å². The third-order valence-electron chi connectivity index (χ3n) is 3.30. The number of methoxy groups -OCH3 is 2. The molecule has 1 aromatic heterocycles. The van der Waals surface area contributed by atoms with E-state index in [-0.39, 0.29) is 11.6 Å². The maximum Gasteiger partial charge on any atom is 0.248 e. The van der Waals surface area contributed by atoms with Crippen LogP contribution in [0.4, 0.5) is 5.95 Å². The number of hydrogen-bond donors (Lipinski definition) is 1. The lowest BCUT2D eigenvalue weighted by atomic mass is 10.0. The number of hydrogen-bond acceptors (Lipinski definition) is 8. The van der Waals surface area contributed by atoms with Crippen LogP contribution >= 0.6 is 0 Å². The van der Waals surface area contributed by atoms with Crippen molar-refractivity contribution in [2.75, 3.05) is 19.5 Å². The monoisotopic (exact) mass is 302 g/mol. The van der Waals surface area contributed by atoms with Crippen molar-refractivity contribution in [3.8, 4) is 11.5 Å². The summed E-state index contributed by atoms with van der Waals surface area (Å²) >= 11 is 0. The van der Waals surface area contributed by atoms with Crippen molar-refractivity contribution >= 4 is 11.9 Å². The normalized spacial score (nSPS) is 16.3. The Bertz CT molecular complexity index is 755. The average molecular weight is 302 g/mol. The Morgan fingerprint density at radius 3 is 2.77 bits per heavy atom. The molecule has 0 aliphatic carbocycles. The Balaban J connectivity index is 2.09. The molecular weight excluding hydrogens is 290 g/mol. The number of carbonyl (C=O) groups is 1. The van der Waals surface area contributed by atoms with E-state index in [2.05, 4.69) is 20.8 Å². The number of carboxylic acids is 1. The first-order chi connectivity index (χ1) is 10.6. The van der Waals surface area contributed by atoms with Gasteiger partial charge in [0, 0.05) is 0 Å². The molecule has 1 atom stereocenters. The van der Waals surface area contributed by atoms with Gasteiger partial charge in [0.25, 0.3) is 0 Å². The van der Waals surface area contributed by atoms with Gasteiger partial charge in [0.15, 0.2) is 11.5 Å². The first kappa shape index (κ1) is 13.9. The van der Waals surface area contributed by atoms with Crippen LogP contribution in [0.1, 0.15) is 11.6 Å². The lowest BCUT2D eigenvalue weighted by Gasteiger charge is -2.24. The molecule has 9 nitrogen and oxygen atoms in total. The number of carbonyl (C=O) groups excluding carboxylic acids is 1. The van der Waals surface area contributed by atoms with Crippen LogP contribution in [0.5, 0.6) is 11.5 Å². The number of allylic oxidation sites excluding steroid dienone is 1. The van der Waals surface area contributed by atoms with Crippen LogP contribution < -0.4 is 19.9 Å². The standard InChI is InChI=1S/C13H13N5O4/c1-21-10-4-3-7(5-11(10)22-2)9-6-8(12(19)20)14-13-15-16-17-18(9)13/h3-6,9H,1-2H3,(H,19,20)(H,14,15,17)/p-1/t9-/m0/s1. The summed E-state index contributed by atoms with van der Waals surface area (Å²) in [7, 11) is 3.06. The molecule has 0 radical (unpaired) electrons. The third-order valence-corrected chi connectivity index (χ3v) is 3.30. The molecule has 0 bridgehead atoms. The van der Waals surface area contributed by atoms with Crippen molar-refractivity contribution in [2.24, 2.45) is 0 Å². The molecule has 1 N–H and O–H groups in total. The van der Waals surface area contributed by atoms with Gasteiger partial charge in [-0.25, -0.2) is 0 Å². The lowest BCUT2D eigenvalue weighted by Crippen LogP contribution is -2.32. The molecule has 114 valence electrons. The zero-order valence-electron chi connectivity index (χ0n) is 11.8. The third kappa shape index (κ3) is 2.22. The van der Waals surface area contributed by atoms with E-state index in [9.17, 15) is 9.90 Å². The summed E-state index contributed by atoms with van der Waals surface area (Å²) in [6.07, 6.45) is 1.47. The molecule has 0 saturated heterocycles. The van der Waals surface area contributed by atoms with E-state index in [0.29, 0.717) is 11.5 Å². The van der Waals surface area contributed by atoms with Crippen LogP contribution in [0.25, 0.3) is 0 Å². The van der Waals surface area contributed by atoms with Crippen LogP contribution in [-0.2, 0) is 4.79 Å². The number of ether oxygens (including phenoxy) is 2. The number of nitrogens with zero attached hydrogens (tertiary/aromatic N) is 4. The van der Waals surface area contributed by atoms with E-state index in [4.69, 9.17) is 9.47 Å². The van der Waals surface area contributed by atoms with Gasteiger partial charge in [0.1, 0.15) is 6.04 Å². The van der Waals surface area contributed by atoms with Crippen LogP contribution in [0, 0.1) is 0 Å². The van der Waals surface area contributed by atoms with Gasteiger partial charge in [0.05, 0.1) is 25.9 Å². The maximum atomic E-state index is 11.1. The summed E-state index contributed by atoms with van der Waals surface area (Å²) in [5.41, 5.74) is 0.647. The minimum absolute atomic E-state index is 0.0953. The Morgan fingerprint density at radius 1 is 1.32 bits per heavy atom. The number of aliphatic carboxylic acids is 1. The van der Waals surface area contributed by atoms with E-state index in [0.717, 1.165) is 5.56 Å². The number of fused-ring (bicyclic) bond motifs is 1. The Kier molecular flexibility index (Phi) is 3.37. The first-order valence-electron chi connectivity index (χ1n) is 6.34. The second-order valence-electron chi connectivity index (χ2n) is 4.50. The van der Waals surface area contributed by atoms with Crippen LogP contribution in [-0.4, -0.2) is 40.4 Å². The number of carboxylic acid groups (broad SMARTS) is 1. The number of nitrogens with one attached hydrogen (secondary N) is 1. The first-order valence-corrected chi connectivity index (χ1v) is 6.34. The van der Waals surface area contributed by atoms with Gasteiger partial charge in [-0.05, 0) is 34.2 Å². The summed E-state index contributed by atoms with van der Waals surface area (Å²) in [4.78, 5) is 11.1. The maximum absolute atomic E-state index is 11.1. The summed E-state index contributed by atoms with van der Waals surface area (Å²) in [5.74, 6) is -0.0148. The van der Waals surface area contributed by atoms with Gasteiger partial charge >= 0.3 is 0 Å². The van der Waals surface area contributed by atoms with Gasteiger partial charge in [-0.1, -0.05) is 11.2 Å². The van der Waals surface area contributed by atoms with Crippen molar-refractivity contribution in [2.45, 2.75) is 6.04 Å². The summed E-state index contributed by atoms with van der Waals surface area (Å²) in [6, 6.07) is 4.75. The Labute approximate surface area is 125 Å². The average Bonchev–Trinajstić information content (AvgIpc) is 3.01. The topological polar surface area (TPSA) is 114 Å². The predicted molar refractivity (Wildman–Crippen MR) is 72.2 cm³/mol. The zero-order valence-corrected chi connectivity index (χ0v) is 11.8. The highest BCUT2D eigenvalue weighted by molar-refractivity contribution is 5.88. The SMILES string of the molecule is COc1ccc([C@@H]2C=C(C(=O)[O-])Nc3nnnn32)cc1OC. The summed E-state index contributed by atoms with van der Waals surface area (Å²) in [5, 5.41) is 24.9. The summed E-state index contributed by atoms with van der Waals surface area (Å²) in [6.45, 7) is 0. The van der Waals surface area contributed by atoms with E-state index < -0.39 is 12.0 Å². The molecule has 1 aliphatic heterocycles. The number of rotatable bonds is 4. The van der Waals surface area contributed by atoms with Crippen molar-refractivity contribution in [3.63, 3.8) is 0 Å². The van der Waals surface area contributed by atoms with Crippen LogP contribution in [0.15, 0.2) is 30.0 Å². The van der Waals surface area contributed by atoms with Crippen molar-refractivity contribution in [1.82, 2.24) is 20.2 Å². The van der Waals surface area contributed by atoms with E-state index in [1.54, 1.807) is 18.2 Å². The fourth-order valence-electron chi connectivity index (χ4n) is 2.25. The van der Waals surface area contributed by atoms with E-state index in [1.165, 1.54) is 25.0 Å². The molecule has 0 saturated carbocycles. The zero-order chi connectivity index (χ0) is 15.7. The van der Waals surface area contributed by atoms with Crippen molar-refractivity contribution in [1.29, 1.82) is 0 Å². The molecule has 9 heteroatoms. The molecule has 0 fully saturated rings. The van der Waals surface area contributed by atoms with Crippen LogP contribution in [0.2, 0.25) is 0 Å². The quantitative estimate of drug-likeness (QED) is 0.791. The van der Waals surface area contributed by atoms with Gasteiger partial charge in [-0.15, -0.1) is 0 Å². The number of anilines is 1. The molecule has 2 heterocycles. The van der Waals surface area contributed by atoms with Gasteiger partial charge in [0.2, 0.25) is 5.95 Å². The highest BCUT2D eigenvalue weighted by atomic mass is 16.5. The van der Waals surface area contributed by atoms with E-state index >= 15 is 0 Å². The molecule has 1 aliphatic rings. The lowest BCUT2D eigenvalue weighted by molar-refractivity contribution is -0.299. The van der Waals surface area contributed by atoms with Gasteiger partial charge in [-0.3, -0.25) is 0 Å². The van der Waals surface area contributed by atoms with Crippen LogP contribution in [0.3, 0.4) is 0 Å². The predicted octanol–water partition coefficient (Wildman–Crippen LogP) is -0.661. The number of aromatic nitrogens is 4. The molecule has 3 rings (SSSR count). The highest BCUT2D eigenvalue weighted by Crippen LogP contribution is 2.34. The Hall–Kier alpha value is -3.10. The second kappa shape index (κ2) is 5.35. The number of tetrazole rings is 1. The second-order valence-corrected chi connectivity index (χ2v) is 4.50. The highest BCUT2D eigenvalue weighted by Gasteiger charge is 2.24.